The van der Waals surface area contributed by atoms with Gasteiger partial charge in [-0.1, -0.05) is 78.9 Å². The molecule has 33 heavy (non-hydrogen) atoms. The van der Waals surface area contributed by atoms with Crippen molar-refractivity contribution >= 4 is 11.6 Å². The second-order valence-electron chi connectivity index (χ2n) is 8.17. The molecule has 0 unspecified atom stereocenters. The predicted octanol–water partition coefficient (Wildman–Crippen LogP) is 6.07. The van der Waals surface area contributed by atoms with Gasteiger partial charge >= 0.3 is 0 Å². The van der Waals surface area contributed by atoms with Gasteiger partial charge in [0.25, 0.3) is 5.91 Å². The Hall–Kier alpha value is -4.05. The highest BCUT2D eigenvalue weighted by molar-refractivity contribution is 5.99. The van der Waals surface area contributed by atoms with Crippen molar-refractivity contribution in [1.29, 1.82) is 0 Å². The number of benzene rings is 4. The molecule has 164 valence electrons. The zero-order valence-electron chi connectivity index (χ0n) is 18.4. The standard InChI is InChI=1S/C29H26N2O2/c32-29-27-14-8-7-13-26(27)28(31(29)20-19-22-9-3-1-4-10-22)30-24-15-17-25(18-16-24)33-21-23-11-5-2-6-12-23/h1-18,28,30H,19-21H2/t28-/m1/s1. The molecule has 1 aliphatic rings. The van der Waals surface area contributed by atoms with E-state index < -0.39 is 0 Å². The third-order valence-electron chi connectivity index (χ3n) is 5.95. The van der Waals surface area contributed by atoms with E-state index in [-0.39, 0.29) is 12.1 Å². The van der Waals surface area contributed by atoms with Crippen molar-refractivity contribution in [2.24, 2.45) is 0 Å². The summed E-state index contributed by atoms with van der Waals surface area (Å²) in [4.78, 5) is 15.1. The van der Waals surface area contributed by atoms with Gasteiger partial charge in [-0.05, 0) is 47.9 Å². The van der Waals surface area contributed by atoms with E-state index in [0.717, 1.165) is 34.5 Å². The third kappa shape index (κ3) is 4.75. The fourth-order valence-corrected chi connectivity index (χ4v) is 4.20. The molecule has 0 saturated heterocycles. The van der Waals surface area contributed by atoms with E-state index in [1.54, 1.807) is 0 Å². The maximum absolute atomic E-state index is 13.2. The molecule has 4 aromatic carbocycles. The first-order chi connectivity index (χ1) is 16.3. The van der Waals surface area contributed by atoms with Crippen LogP contribution < -0.4 is 10.1 Å². The summed E-state index contributed by atoms with van der Waals surface area (Å²) < 4.78 is 5.91. The molecule has 0 bridgehead atoms. The fourth-order valence-electron chi connectivity index (χ4n) is 4.20. The van der Waals surface area contributed by atoms with E-state index in [1.807, 2.05) is 89.8 Å². The van der Waals surface area contributed by atoms with Crippen LogP contribution in [0.5, 0.6) is 5.75 Å². The first-order valence-electron chi connectivity index (χ1n) is 11.2. The largest absolute Gasteiger partial charge is 0.489 e. The van der Waals surface area contributed by atoms with Crippen LogP contribution in [0.4, 0.5) is 5.69 Å². The van der Waals surface area contributed by atoms with Crippen molar-refractivity contribution in [2.45, 2.75) is 19.2 Å². The third-order valence-corrected chi connectivity index (χ3v) is 5.95. The lowest BCUT2D eigenvalue weighted by molar-refractivity contribution is 0.0745. The zero-order chi connectivity index (χ0) is 22.5. The lowest BCUT2D eigenvalue weighted by atomic mass is 10.1. The first kappa shape index (κ1) is 20.8. The summed E-state index contributed by atoms with van der Waals surface area (Å²) in [5.74, 6) is 0.884. The van der Waals surface area contributed by atoms with Gasteiger partial charge < -0.3 is 15.0 Å². The van der Waals surface area contributed by atoms with Crippen LogP contribution in [0.3, 0.4) is 0 Å². The Morgan fingerprint density at radius 1 is 0.727 bits per heavy atom. The quantitative estimate of drug-likeness (QED) is 0.366. The minimum Gasteiger partial charge on any atom is -0.489 e. The molecule has 0 spiro atoms. The van der Waals surface area contributed by atoms with Gasteiger partial charge in [0.2, 0.25) is 0 Å². The van der Waals surface area contributed by atoms with Crippen LogP contribution in [-0.4, -0.2) is 17.4 Å². The number of hydrogen-bond acceptors (Lipinski definition) is 3. The molecule has 1 atom stereocenters. The van der Waals surface area contributed by atoms with Crippen LogP contribution in [0.2, 0.25) is 0 Å². The summed E-state index contributed by atoms with van der Waals surface area (Å²) in [5, 5.41) is 3.56. The predicted molar refractivity (Wildman–Crippen MR) is 131 cm³/mol. The lowest BCUT2D eigenvalue weighted by Gasteiger charge is -2.27. The van der Waals surface area contributed by atoms with E-state index in [9.17, 15) is 4.79 Å². The molecule has 0 aliphatic carbocycles. The molecule has 0 fully saturated rings. The van der Waals surface area contributed by atoms with Crippen molar-refractivity contribution in [3.63, 3.8) is 0 Å². The Labute approximate surface area is 194 Å². The van der Waals surface area contributed by atoms with Gasteiger partial charge in [0.15, 0.2) is 0 Å². The van der Waals surface area contributed by atoms with E-state index in [0.29, 0.717) is 13.2 Å². The average Bonchev–Trinajstić information content (AvgIpc) is 3.14. The highest BCUT2D eigenvalue weighted by Crippen LogP contribution is 2.34. The van der Waals surface area contributed by atoms with Gasteiger partial charge in [0.05, 0.1) is 0 Å². The number of amides is 1. The summed E-state index contributed by atoms with van der Waals surface area (Å²) in [6, 6.07) is 36.2. The minimum absolute atomic E-state index is 0.0712. The van der Waals surface area contributed by atoms with Crippen LogP contribution in [0.25, 0.3) is 0 Å². The molecule has 1 heterocycles. The highest BCUT2D eigenvalue weighted by atomic mass is 16.5. The van der Waals surface area contributed by atoms with Crippen LogP contribution >= 0.6 is 0 Å². The molecule has 0 radical (unpaired) electrons. The van der Waals surface area contributed by atoms with Crippen molar-refractivity contribution in [3.8, 4) is 5.75 Å². The number of rotatable bonds is 8. The maximum atomic E-state index is 13.2. The molecule has 1 N–H and O–H groups in total. The van der Waals surface area contributed by atoms with Gasteiger partial charge in [0, 0.05) is 23.4 Å². The fraction of sp³-hybridized carbons (Fsp3) is 0.138. The molecule has 0 aromatic heterocycles. The normalized spacial score (nSPS) is 14.7. The molecule has 5 rings (SSSR count). The SMILES string of the molecule is O=C1c2ccccc2[C@H](Nc2ccc(OCc3ccccc3)cc2)N1CCc1ccccc1. The number of fused-ring (bicyclic) bond motifs is 1. The number of nitrogens with one attached hydrogen (secondary N) is 1. The molecular formula is C29H26N2O2. The minimum atomic E-state index is -0.200. The highest BCUT2D eigenvalue weighted by Gasteiger charge is 2.36. The lowest BCUT2D eigenvalue weighted by Crippen LogP contribution is -2.34. The Balaban J connectivity index is 1.29. The van der Waals surface area contributed by atoms with Gasteiger partial charge in [-0.15, -0.1) is 0 Å². The van der Waals surface area contributed by atoms with E-state index >= 15 is 0 Å². The molecule has 1 amide bonds. The zero-order valence-corrected chi connectivity index (χ0v) is 18.4. The number of nitrogens with zero attached hydrogens (tertiary/aromatic N) is 1. The smallest absolute Gasteiger partial charge is 0.256 e. The monoisotopic (exact) mass is 434 g/mol. The number of hydrogen-bond donors (Lipinski definition) is 1. The molecule has 4 nitrogen and oxygen atoms in total. The number of anilines is 1. The molecule has 0 saturated carbocycles. The second kappa shape index (κ2) is 9.61. The summed E-state index contributed by atoms with van der Waals surface area (Å²) in [6.07, 6.45) is 0.610. The second-order valence-corrected chi connectivity index (χ2v) is 8.17. The summed E-state index contributed by atoms with van der Waals surface area (Å²) in [5.41, 5.74) is 5.09. The summed E-state index contributed by atoms with van der Waals surface area (Å²) >= 11 is 0. The Bertz CT molecular complexity index is 1210. The van der Waals surface area contributed by atoms with Crippen molar-refractivity contribution in [3.05, 3.63) is 131 Å². The van der Waals surface area contributed by atoms with Gasteiger partial charge in [-0.3, -0.25) is 4.79 Å². The summed E-state index contributed by atoms with van der Waals surface area (Å²) in [7, 11) is 0. The van der Waals surface area contributed by atoms with E-state index in [1.165, 1.54) is 5.56 Å². The Morgan fingerprint density at radius 3 is 2.09 bits per heavy atom. The number of carbonyl (C=O) groups excluding carboxylic acids is 1. The van der Waals surface area contributed by atoms with Crippen LogP contribution in [0, 0.1) is 0 Å². The number of ether oxygens (including phenoxy) is 1. The van der Waals surface area contributed by atoms with Gasteiger partial charge in [-0.2, -0.15) is 0 Å². The molecule has 4 aromatic rings. The van der Waals surface area contributed by atoms with Crippen molar-refractivity contribution in [2.75, 3.05) is 11.9 Å². The molecule has 1 aliphatic heterocycles. The van der Waals surface area contributed by atoms with Crippen molar-refractivity contribution < 1.29 is 9.53 Å². The Morgan fingerprint density at radius 2 is 1.36 bits per heavy atom. The Kier molecular flexibility index (Phi) is 6.07. The van der Waals surface area contributed by atoms with Crippen LogP contribution in [-0.2, 0) is 13.0 Å². The van der Waals surface area contributed by atoms with E-state index in [2.05, 4.69) is 29.6 Å². The van der Waals surface area contributed by atoms with Gasteiger partial charge in [0.1, 0.15) is 18.5 Å². The van der Waals surface area contributed by atoms with Crippen LogP contribution in [0.15, 0.2) is 109 Å². The van der Waals surface area contributed by atoms with Crippen molar-refractivity contribution in [1.82, 2.24) is 4.90 Å². The topological polar surface area (TPSA) is 41.6 Å². The molecular weight excluding hydrogens is 408 g/mol. The van der Waals surface area contributed by atoms with E-state index in [4.69, 9.17) is 4.74 Å². The summed E-state index contributed by atoms with van der Waals surface area (Å²) in [6.45, 7) is 1.18. The van der Waals surface area contributed by atoms with Gasteiger partial charge in [-0.25, -0.2) is 0 Å². The molecule has 4 heteroatoms. The maximum Gasteiger partial charge on any atom is 0.256 e. The first-order valence-corrected chi connectivity index (χ1v) is 11.2. The average molecular weight is 435 g/mol. The van der Waals surface area contributed by atoms with Crippen LogP contribution in [0.1, 0.15) is 33.2 Å². The number of carbonyl (C=O) groups is 1.